The van der Waals surface area contributed by atoms with Gasteiger partial charge in [0.2, 0.25) is 0 Å². The highest BCUT2D eigenvalue weighted by Gasteiger charge is 2.16. The van der Waals surface area contributed by atoms with Gasteiger partial charge in [0.1, 0.15) is 0 Å². The fraction of sp³-hybridized carbons (Fsp3) is 0.750. The SMILES string of the molecule is C1CCC1.O=C1COC(=O)CO1. The third-order valence-corrected chi connectivity index (χ3v) is 1.70. The zero-order valence-electron chi connectivity index (χ0n) is 6.88. The molecule has 0 atom stereocenters. The Labute approximate surface area is 70.8 Å². The van der Waals surface area contributed by atoms with Gasteiger partial charge in [-0.3, -0.25) is 0 Å². The van der Waals surface area contributed by atoms with Crippen LogP contribution in [0.15, 0.2) is 0 Å². The van der Waals surface area contributed by atoms with Crippen LogP contribution in [0, 0.1) is 0 Å². The minimum absolute atomic E-state index is 0.237. The van der Waals surface area contributed by atoms with Crippen LogP contribution >= 0.6 is 0 Å². The average Bonchev–Trinajstić information content (AvgIpc) is 1.92. The first-order valence-electron chi connectivity index (χ1n) is 4.10. The molecule has 68 valence electrons. The Morgan fingerprint density at radius 1 is 0.750 bits per heavy atom. The number of hydrogen-bond donors (Lipinski definition) is 0. The van der Waals surface area contributed by atoms with E-state index in [0.717, 1.165) is 0 Å². The molecule has 0 unspecified atom stereocenters. The van der Waals surface area contributed by atoms with E-state index in [1.54, 1.807) is 0 Å². The Morgan fingerprint density at radius 3 is 1.25 bits per heavy atom. The summed E-state index contributed by atoms with van der Waals surface area (Å²) in [5, 5.41) is 0. The molecule has 1 aliphatic carbocycles. The van der Waals surface area contributed by atoms with Crippen LogP contribution in [-0.4, -0.2) is 25.2 Å². The van der Waals surface area contributed by atoms with Gasteiger partial charge in [-0.15, -0.1) is 0 Å². The van der Waals surface area contributed by atoms with Gasteiger partial charge in [0.05, 0.1) is 0 Å². The van der Waals surface area contributed by atoms with Crippen LogP contribution in [0.3, 0.4) is 0 Å². The summed E-state index contributed by atoms with van der Waals surface area (Å²) in [5.74, 6) is -0.964. The maximum Gasteiger partial charge on any atom is 0.344 e. The van der Waals surface area contributed by atoms with Crippen LogP contribution in [0.25, 0.3) is 0 Å². The van der Waals surface area contributed by atoms with E-state index in [4.69, 9.17) is 0 Å². The van der Waals surface area contributed by atoms with Gasteiger partial charge in [-0.1, -0.05) is 25.7 Å². The van der Waals surface area contributed by atoms with Crippen molar-refractivity contribution in [3.63, 3.8) is 0 Å². The lowest BCUT2D eigenvalue weighted by atomic mass is 10.0. The van der Waals surface area contributed by atoms with E-state index >= 15 is 0 Å². The van der Waals surface area contributed by atoms with Crippen molar-refractivity contribution in [3.05, 3.63) is 0 Å². The van der Waals surface area contributed by atoms with Crippen molar-refractivity contribution < 1.29 is 19.1 Å². The molecule has 2 rings (SSSR count). The third-order valence-electron chi connectivity index (χ3n) is 1.70. The topological polar surface area (TPSA) is 52.6 Å². The number of rotatable bonds is 0. The lowest BCUT2D eigenvalue weighted by Gasteiger charge is -2.09. The summed E-state index contributed by atoms with van der Waals surface area (Å²) in [6, 6.07) is 0. The number of esters is 2. The maximum absolute atomic E-state index is 10.1. The smallest absolute Gasteiger partial charge is 0.344 e. The molecule has 1 saturated carbocycles. The van der Waals surface area contributed by atoms with Crippen molar-refractivity contribution >= 4 is 11.9 Å². The summed E-state index contributed by atoms with van der Waals surface area (Å²) in [5.41, 5.74) is 0. The van der Waals surface area contributed by atoms with E-state index in [2.05, 4.69) is 9.47 Å². The highest BCUT2D eigenvalue weighted by molar-refractivity contribution is 5.82. The molecule has 0 aromatic rings. The summed E-state index contributed by atoms with van der Waals surface area (Å²) >= 11 is 0. The van der Waals surface area contributed by atoms with Crippen molar-refractivity contribution in [3.8, 4) is 0 Å². The van der Waals surface area contributed by atoms with Gasteiger partial charge in [0.15, 0.2) is 13.2 Å². The Balaban J connectivity index is 0.000000150. The molecule has 0 radical (unpaired) electrons. The fourth-order valence-corrected chi connectivity index (χ4v) is 0.612. The molecule has 4 nitrogen and oxygen atoms in total. The molecule has 0 N–H and O–H groups in total. The normalized spacial score (nSPS) is 21.0. The van der Waals surface area contributed by atoms with E-state index < -0.39 is 11.9 Å². The Kier molecular flexibility index (Phi) is 3.57. The largest absolute Gasteiger partial charge is 0.451 e. The third kappa shape index (κ3) is 3.37. The van der Waals surface area contributed by atoms with Crippen LogP contribution in [0.4, 0.5) is 0 Å². The number of hydrogen-bond acceptors (Lipinski definition) is 4. The van der Waals surface area contributed by atoms with E-state index in [0.29, 0.717) is 0 Å². The molecule has 0 spiro atoms. The van der Waals surface area contributed by atoms with E-state index in [9.17, 15) is 9.59 Å². The number of cyclic esters (lactones) is 2. The molecular weight excluding hydrogens is 160 g/mol. The van der Waals surface area contributed by atoms with Crippen LogP contribution in [0.5, 0.6) is 0 Å². The molecular formula is C8H12O4. The monoisotopic (exact) mass is 172 g/mol. The summed E-state index contributed by atoms with van der Waals surface area (Å²) < 4.78 is 8.55. The van der Waals surface area contributed by atoms with Gasteiger partial charge in [-0.2, -0.15) is 0 Å². The lowest BCUT2D eigenvalue weighted by molar-refractivity contribution is -0.174. The quantitative estimate of drug-likeness (QED) is 0.503. The van der Waals surface area contributed by atoms with Gasteiger partial charge in [-0.25, -0.2) is 9.59 Å². The van der Waals surface area contributed by atoms with Gasteiger partial charge in [0.25, 0.3) is 0 Å². The first-order valence-corrected chi connectivity index (χ1v) is 4.10. The predicted molar refractivity (Wildman–Crippen MR) is 40.4 cm³/mol. The average molecular weight is 172 g/mol. The minimum Gasteiger partial charge on any atom is -0.451 e. The second-order valence-electron chi connectivity index (χ2n) is 2.74. The van der Waals surface area contributed by atoms with Gasteiger partial charge in [0, 0.05) is 0 Å². The van der Waals surface area contributed by atoms with Crippen LogP contribution in [0.1, 0.15) is 25.7 Å². The first kappa shape index (κ1) is 9.03. The Morgan fingerprint density at radius 2 is 1.08 bits per heavy atom. The van der Waals surface area contributed by atoms with E-state index in [1.807, 2.05) is 0 Å². The summed E-state index contributed by atoms with van der Waals surface area (Å²) in [6.45, 7) is -0.475. The fourth-order valence-electron chi connectivity index (χ4n) is 0.612. The zero-order valence-corrected chi connectivity index (χ0v) is 6.88. The predicted octanol–water partition coefficient (Wildman–Crippen LogP) is 0.647. The summed E-state index contributed by atoms with van der Waals surface area (Å²) in [4.78, 5) is 20.2. The molecule has 1 heterocycles. The highest BCUT2D eigenvalue weighted by atomic mass is 16.6. The second kappa shape index (κ2) is 4.74. The summed E-state index contributed by atoms with van der Waals surface area (Å²) in [7, 11) is 0. The number of ether oxygens (including phenoxy) is 2. The molecule has 1 saturated heterocycles. The highest BCUT2D eigenvalue weighted by Crippen LogP contribution is 2.15. The summed E-state index contributed by atoms with van der Waals surface area (Å²) in [6.07, 6.45) is 6.00. The standard InChI is InChI=1S/C4H4O4.C4H8/c5-3-1-7-4(6)2-8-3;1-2-4-3-1/h1-2H2;1-4H2. The molecule has 1 aliphatic heterocycles. The maximum atomic E-state index is 10.1. The van der Waals surface area contributed by atoms with E-state index in [-0.39, 0.29) is 13.2 Å². The molecule has 0 aromatic heterocycles. The van der Waals surface area contributed by atoms with Crippen molar-refractivity contribution in [1.29, 1.82) is 0 Å². The zero-order chi connectivity index (χ0) is 8.81. The van der Waals surface area contributed by atoms with Crippen molar-refractivity contribution in [2.45, 2.75) is 25.7 Å². The van der Waals surface area contributed by atoms with Crippen molar-refractivity contribution in [1.82, 2.24) is 0 Å². The van der Waals surface area contributed by atoms with Gasteiger partial charge < -0.3 is 9.47 Å². The molecule has 0 bridgehead atoms. The lowest BCUT2D eigenvalue weighted by Crippen LogP contribution is -2.27. The molecule has 0 aromatic carbocycles. The number of carbonyl (C=O) groups excluding carboxylic acids is 2. The van der Waals surface area contributed by atoms with E-state index in [1.165, 1.54) is 25.7 Å². The van der Waals surface area contributed by atoms with Crippen molar-refractivity contribution in [2.75, 3.05) is 13.2 Å². The van der Waals surface area contributed by atoms with Crippen LogP contribution in [0.2, 0.25) is 0 Å². The van der Waals surface area contributed by atoms with Crippen LogP contribution < -0.4 is 0 Å². The Bertz CT molecular complexity index is 140. The molecule has 2 aliphatic rings. The first-order chi connectivity index (χ1) is 5.79. The molecule has 0 amide bonds. The van der Waals surface area contributed by atoms with Gasteiger partial charge >= 0.3 is 11.9 Å². The number of carbonyl (C=O) groups is 2. The van der Waals surface area contributed by atoms with Gasteiger partial charge in [-0.05, 0) is 0 Å². The minimum atomic E-state index is -0.482. The molecule has 4 heteroatoms. The van der Waals surface area contributed by atoms with Crippen LogP contribution in [-0.2, 0) is 19.1 Å². The van der Waals surface area contributed by atoms with Crippen molar-refractivity contribution in [2.24, 2.45) is 0 Å². The molecule has 12 heavy (non-hydrogen) atoms. The Hall–Kier alpha value is -1.06. The second-order valence-corrected chi connectivity index (χ2v) is 2.74. The molecule has 2 fully saturated rings.